The van der Waals surface area contributed by atoms with Gasteiger partial charge in [-0.25, -0.2) is 0 Å². The predicted molar refractivity (Wildman–Crippen MR) is 96.9 cm³/mol. The van der Waals surface area contributed by atoms with Gasteiger partial charge in [0.05, 0.1) is 0 Å². The summed E-state index contributed by atoms with van der Waals surface area (Å²) in [5, 5.41) is 5.41. The Morgan fingerprint density at radius 1 is 1.25 bits per heavy atom. The maximum atomic E-state index is 12.1. The molecule has 0 bridgehead atoms. The number of fused-ring (bicyclic) bond motifs is 1. The third-order valence-corrected chi connectivity index (χ3v) is 4.69. The third kappa shape index (κ3) is 3.89. The van der Waals surface area contributed by atoms with Crippen LogP contribution in [-0.2, 0) is 11.2 Å². The first-order valence-corrected chi connectivity index (χ1v) is 8.63. The van der Waals surface area contributed by atoms with Gasteiger partial charge in [0.2, 0.25) is 5.91 Å². The van der Waals surface area contributed by atoms with E-state index in [1.54, 1.807) is 0 Å². The van der Waals surface area contributed by atoms with Crippen LogP contribution in [0.15, 0.2) is 36.4 Å². The molecule has 0 saturated heterocycles. The Kier molecular flexibility index (Phi) is 5.38. The Hall–Kier alpha value is -2.47. The minimum Gasteiger partial charge on any atom is -0.481 e. The van der Waals surface area contributed by atoms with Crippen LogP contribution < -0.4 is 10.1 Å². The highest BCUT2D eigenvalue weighted by Crippen LogP contribution is 2.26. The van der Waals surface area contributed by atoms with E-state index >= 15 is 0 Å². The molecule has 1 aliphatic rings. The van der Waals surface area contributed by atoms with Crippen LogP contribution in [0, 0.1) is 18.3 Å². The van der Waals surface area contributed by atoms with E-state index in [4.69, 9.17) is 11.2 Å². The van der Waals surface area contributed by atoms with Crippen molar-refractivity contribution in [3.8, 4) is 18.1 Å². The monoisotopic (exact) mass is 321 g/mol. The van der Waals surface area contributed by atoms with Crippen LogP contribution in [-0.4, -0.2) is 19.1 Å². The Labute approximate surface area is 143 Å². The largest absolute Gasteiger partial charge is 0.481 e. The van der Waals surface area contributed by atoms with E-state index in [0.717, 1.165) is 30.4 Å². The lowest BCUT2D eigenvalue weighted by atomic mass is 10.0. The van der Waals surface area contributed by atoms with Crippen molar-refractivity contribution in [3.63, 3.8) is 0 Å². The van der Waals surface area contributed by atoms with Gasteiger partial charge in [0.25, 0.3) is 0 Å². The molecule has 1 saturated carbocycles. The summed E-state index contributed by atoms with van der Waals surface area (Å²) < 4.78 is 5.52. The summed E-state index contributed by atoms with van der Waals surface area (Å²) in [4.78, 5) is 12.1. The number of rotatable bonds is 6. The van der Waals surface area contributed by atoms with Crippen molar-refractivity contribution in [1.82, 2.24) is 5.32 Å². The molecule has 3 nitrogen and oxygen atoms in total. The molecule has 2 aromatic carbocycles. The zero-order valence-corrected chi connectivity index (χ0v) is 13.9. The zero-order valence-electron chi connectivity index (χ0n) is 13.9. The molecular formula is C21H23NO2. The van der Waals surface area contributed by atoms with Crippen LogP contribution in [0.4, 0.5) is 0 Å². The van der Waals surface area contributed by atoms with Gasteiger partial charge in [-0.15, -0.1) is 6.42 Å². The predicted octanol–water partition coefficient (Wildman–Crippen LogP) is 3.70. The van der Waals surface area contributed by atoms with E-state index < -0.39 is 0 Å². The molecule has 1 aliphatic carbocycles. The Bertz CT molecular complexity index is 754. The van der Waals surface area contributed by atoms with Crippen LogP contribution in [0.3, 0.4) is 0 Å². The molecule has 1 N–H and O–H groups in total. The molecule has 1 amide bonds. The van der Waals surface area contributed by atoms with Gasteiger partial charge in [-0.1, -0.05) is 43.0 Å². The summed E-state index contributed by atoms with van der Waals surface area (Å²) >= 11 is 0. The number of nitrogens with one attached hydrogen (secondary N) is 1. The molecule has 3 rings (SSSR count). The molecule has 24 heavy (non-hydrogen) atoms. The molecule has 0 unspecified atom stereocenters. The van der Waals surface area contributed by atoms with Crippen LogP contribution in [0.2, 0.25) is 0 Å². The lowest BCUT2D eigenvalue weighted by Crippen LogP contribution is -2.30. The van der Waals surface area contributed by atoms with Gasteiger partial charge in [-0.05, 0) is 47.7 Å². The van der Waals surface area contributed by atoms with Gasteiger partial charge in [-0.2, -0.15) is 0 Å². The average molecular weight is 321 g/mol. The first-order valence-electron chi connectivity index (χ1n) is 8.63. The first kappa shape index (κ1) is 16.4. The van der Waals surface area contributed by atoms with Crippen LogP contribution in [0.25, 0.3) is 10.8 Å². The van der Waals surface area contributed by atoms with Crippen molar-refractivity contribution >= 4 is 16.7 Å². The summed E-state index contributed by atoms with van der Waals surface area (Å²) in [6, 6.07) is 12.3. The van der Waals surface area contributed by atoms with Gasteiger partial charge >= 0.3 is 0 Å². The summed E-state index contributed by atoms with van der Waals surface area (Å²) in [6.45, 7) is 0.939. The second kappa shape index (κ2) is 7.88. The maximum Gasteiger partial charge on any atom is 0.223 e. The molecule has 0 aliphatic heterocycles. The molecule has 124 valence electrons. The zero-order chi connectivity index (χ0) is 16.8. The first-order chi connectivity index (χ1) is 11.8. The van der Waals surface area contributed by atoms with Crippen molar-refractivity contribution in [2.24, 2.45) is 5.92 Å². The van der Waals surface area contributed by atoms with Crippen molar-refractivity contribution in [1.29, 1.82) is 0 Å². The maximum absolute atomic E-state index is 12.1. The molecule has 3 heteroatoms. The number of hydrogen-bond acceptors (Lipinski definition) is 2. The minimum atomic E-state index is 0.214. The standard InChI is InChI=1S/C21H23NO2/c1-2-14-24-19-11-10-16-8-5-9-17(20(16)15-19)12-13-22-21(23)18-6-3-4-7-18/h1,5,8-11,15,18H,3-4,6-7,12-14H2,(H,22,23). The van der Waals surface area contributed by atoms with Gasteiger partial charge in [0, 0.05) is 12.5 Å². The lowest BCUT2D eigenvalue weighted by molar-refractivity contribution is -0.124. The fourth-order valence-corrected chi connectivity index (χ4v) is 3.40. The van der Waals surface area contributed by atoms with E-state index in [0.29, 0.717) is 6.54 Å². The summed E-state index contributed by atoms with van der Waals surface area (Å²) in [5.41, 5.74) is 1.21. The Morgan fingerprint density at radius 2 is 2.08 bits per heavy atom. The number of carbonyl (C=O) groups excluding carboxylic acids is 1. The van der Waals surface area contributed by atoms with Gasteiger partial charge in [0.1, 0.15) is 12.4 Å². The topological polar surface area (TPSA) is 38.3 Å². The van der Waals surface area contributed by atoms with Crippen LogP contribution in [0.5, 0.6) is 5.75 Å². The summed E-state index contributed by atoms with van der Waals surface area (Å²) in [6.07, 6.45) is 10.5. The molecule has 1 fully saturated rings. The van der Waals surface area contributed by atoms with Crippen molar-refractivity contribution in [3.05, 3.63) is 42.0 Å². The lowest BCUT2D eigenvalue weighted by Gasteiger charge is -2.12. The highest BCUT2D eigenvalue weighted by atomic mass is 16.5. The van der Waals surface area contributed by atoms with E-state index in [-0.39, 0.29) is 18.4 Å². The fraction of sp³-hybridized carbons (Fsp3) is 0.381. The van der Waals surface area contributed by atoms with Crippen LogP contribution >= 0.6 is 0 Å². The minimum absolute atomic E-state index is 0.214. The molecule has 0 radical (unpaired) electrons. The smallest absolute Gasteiger partial charge is 0.223 e. The molecular weight excluding hydrogens is 298 g/mol. The summed E-state index contributed by atoms with van der Waals surface area (Å²) in [5.74, 6) is 3.70. The fourth-order valence-electron chi connectivity index (χ4n) is 3.40. The molecule has 0 spiro atoms. The molecule has 0 atom stereocenters. The summed E-state index contributed by atoms with van der Waals surface area (Å²) in [7, 11) is 0. The van der Waals surface area contributed by atoms with Crippen LogP contribution in [0.1, 0.15) is 31.2 Å². The van der Waals surface area contributed by atoms with Crippen molar-refractivity contribution < 1.29 is 9.53 Å². The SMILES string of the molecule is C#CCOc1ccc2cccc(CCNC(=O)C3CCCC3)c2c1. The molecule has 2 aromatic rings. The van der Waals surface area contributed by atoms with E-state index in [1.165, 1.54) is 23.8 Å². The quantitative estimate of drug-likeness (QED) is 0.824. The number of benzene rings is 2. The third-order valence-electron chi connectivity index (χ3n) is 4.69. The second-order valence-corrected chi connectivity index (χ2v) is 6.32. The number of terminal acetylenes is 1. The Morgan fingerprint density at radius 3 is 2.88 bits per heavy atom. The van der Waals surface area contributed by atoms with Crippen molar-refractivity contribution in [2.75, 3.05) is 13.2 Å². The van der Waals surface area contributed by atoms with E-state index in [9.17, 15) is 4.79 Å². The number of hydrogen-bond donors (Lipinski definition) is 1. The normalized spacial score (nSPS) is 14.5. The molecule has 0 aromatic heterocycles. The van der Waals surface area contributed by atoms with Gasteiger partial charge in [0.15, 0.2) is 0 Å². The van der Waals surface area contributed by atoms with E-state index in [1.807, 2.05) is 18.2 Å². The second-order valence-electron chi connectivity index (χ2n) is 6.32. The Balaban J connectivity index is 1.66. The molecule has 0 heterocycles. The highest BCUT2D eigenvalue weighted by molar-refractivity contribution is 5.87. The average Bonchev–Trinajstić information content (AvgIpc) is 3.15. The number of ether oxygens (including phenoxy) is 1. The number of carbonyl (C=O) groups is 1. The van der Waals surface area contributed by atoms with Gasteiger partial charge < -0.3 is 10.1 Å². The highest BCUT2D eigenvalue weighted by Gasteiger charge is 2.21. The van der Waals surface area contributed by atoms with Gasteiger partial charge in [-0.3, -0.25) is 4.79 Å². The van der Waals surface area contributed by atoms with Crippen molar-refractivity contribution in [2.45, 2.75) is 32.1 Å². The number of amides is 1. The van der Waals surface area contributed by atoms with E-state index in [2.05, 4.69) is 29.4 Å².